The summed E-state index contributed by atoms with van der Waals surface area (Å²) in [7, 11) is 3.12. The van der Waals surface area contributed by atoms with E-state index in [2.05, 4.69) is 15.2 Å². The molecule has 12 nitrogen and oxygen atoms in total. The Bertz CT molecular complexity index is 1550. The minimum absolute atomic E-state index is 0.00482. The number of aryl methyl sites for hydroxylation is 1. The number of halogens is 1. The number of likely N-dealkylation sites (N-methyl/N-ethyl adjacent to an activating group) is 1. The summed E-state index contributed by atoms with van der Waals surface area (Å²) >= 11 is 1.24. The first kappa shape index (κ1) is 26.7. The predicted octanol–water partition coefficient (Wildman–Crippen LogP) is 2.03. The van der Waals surface area contributed by atoms with E-state index in [0.717, 1.165) is 0 Å². The Hall–Kier alpha value is -3.88. The summed E-state index contributed by atoms with van der Waals surface area (Å²) in [5, 5.41) is 18.7. The lowest BCUT2D eigenvalue weighted by Gasteiger charge is -2.23. The molecule has 3 aromatic heterocycles. The van der Waals surface area contributed by atoms with Crippen LogP contribution in [-0.4, -0.2) is 81.0 Å². The molecule has 0 radical (unpaired) electrons. The number of aliphatic hydroxyl groups is 1. The smallest absolute Gasteiger partial charge is 0.301 e. The van der Waals surface area contributed by atoms with Gasteiger partial charge in [0.1, 0.15) is 34.1 Å². The van der Waals surface area contributed by atoms with Gasteiger partial charge in [0.2, 0.25) is 5.91 Å². The van der Waals surface area contributed by atoms with E-state index in [1.165, 1.54) is 58.4 Å². The van der Waals surface area contributed by atoms with Gasteiger partial charge in [0.25, 0.3) is 5.56 Å². The highest BCUT2D eigenvalue weighted by molar-refractivity contribution is 7.21. The zero-order valence-corrected chi connectivity index (χ0v) is 22.4. The molecule has 1 fully saturated rings. The largest absolute Gasteiger partial charge is 0.496 e. The van der Waals surface area contributed by atoms with E-state index < -0.39 is 18.0 Å². The highest BCUT2D eigenvalue weighted by Gasteiger charge is 2.33. The molecule has 0 bridgehead atoms. The van der Waals surface area contributed by atoms with Gasteiger partial charge in [-0.05, 0) is 25.1 Å². The second-order valence-corrected chi connectivity index (χ2v) is 9.99. The van der Waals surface area contributed by atoms with Gasteiger partial charge in [-0.2, -0.15) is 15.2 Å². The molecule has 39 heavy (non-hydrogen) atoms. The highest BCUT2D eigenvalue weighted by atomic mass is 32.1. The number of ether oxygens (including phenoxy) is 3. The first-order valence-corrected chi connectivity index (χ1v) is 13.0. The van der Waals surface area contributed by atoms with Gasteiger partial charge in [0, 0.05) is 31.1 Å². The average molecular weight is 559 g/mol. The topological polar surface area (TPSA) is 134 Å². The minimum atomic E-state index is -0.856. The molecule has 1 aliphatic heterocycles. The van der Waals surface area contributed by atoms with E-state index in [-0.39, 0.29) is 43.7 Å². The third-order valence-electron chi connectivity index (χ3n) is 6.54. The molecule has 1 saturated heterocycles. The Morgan fingerprint density at radius 3 is 2.69 bits per heavy atom. The molecule has 5 rings (SSSR count). The number of methoxy groups -OCH3 is 1. The summed E-state index contributed by atoms with van der Waals surface area (Å²) < 4.78 is 32.8. The predicted molar refractivity (Wildman–Crippen MR) is 139 cm³/mol. The van der Waals surface area contributed by atoms with Gasteiger partial charge in [-0.1, -0.05) is 11.3 Å². The van der Waals surface area contributed by atoms with Gasteiger partial charge >= 0.3 is 6.01 Å². The maximum atomic E-state index is 14.1. The Labute approximate surface area is 226 Å². The van der Waals surface area contributed by atoms with E-state index in [4.69, 9.17) is 14.2 Å². The molecule has 1 aliphatic rings. The van der Waals surface area contributed by atoms with Crippen molar-refractivity contribution in [1.29, 1.82) is 0 Å². The maximum Gasteiger partial charge on any atom is 0.301 e. The van der Waals surface area contributed by atoms with Crippen LogP contribution in [0.3, 0.4) is 0 Å². The molecule has 1 aromatic carbocycles. The number of amides is 1. The second kappa shape index (κ2) is 11.1. The number of aromatic nitrogens is 5. The first-order valence-electron chi connectivity index (χ1n) is 12.2. The number of aliphatic hydroxyl groups excluding tert-OH is 1. The van der Waals surface area contributed by atoms with Crippen molar-refractivity contribution in [3.8, 4) is 16.8 Å². The fourth-order valence-electron chi connectivity index (χ4n) is 4.64. The number of hydrogen-bond acceptors (Lipinski definition) is 10. The van der Waals surface area contributed by atoms with Crippen LogP contribution in [0.15, 0.2) is 35.4 Å². The molecule has 206 valence electrons. The van der Waals surface area contributed by atoms with Crippen LogP contribution in [0.25, 0.3) is 15.2 Å². The lowest BCUT2D eigenvalue weighted by atomic mass is 10.1. The van der Waals surface area contributed by atoms with Crippen molar-refractivity contribution in [2.45, 2.75) is 25.5 Å². The van der Waals surface area contributed by atoms with Crippen LogP contribution in [0.2, 0.25) is 0 Å². The van der Waals surface area contributed by atoms with Gasteiger partial charge in [0.05, 0.1) is 44.1 Å². The molecule has 14 heteroatoms. The number of carbonyl (C=O) groups excluding carboxylic acids is 1. The Morgan fingerprint density at radius 2 is 2.03 bits per heavy atom. The van der Waals surface area contributed by atoms with Gasteiger partial charge in [-0.3, -0.25) is 14.2 Å². The van der Waals surface area contributed by atoms with Crippen LogP contribution in [0, 0.1) is 12.7 Å². The van der Waals surface area contributed by atoms with Crippen molar-refractivity contribution < 1.29 is 28.5 Å². The number of likely N-dealkylation sites (tertiary alicyclic amines) is 1. The van der Waals surface area contributed by atoms with Crippen LogP contribution in [-0.2, 0) is 9.53 Å². The monoisotopic (exact) mass is 558 g/mol. The van der Waals surface area contributed by atoms with Gasteiger partial charge < -0.3 is 24.2 Å². The molecular weight excluding hydrogens is 531 g/mol. The van der Waals surface area contributed by atoms with Crippen LogP contribution in [0.5, 0.6) is 11.8 Å². The van der Waals surface area contributed by atoms with Crippen molar-refractivity contribution in [3.63, 3.8) is 0 Å². The first-order chi connectivity index (χ1) is 18.8. The van der Waals surface area contributed by atoms with E-state index >= 15 is 0 Å². The standard InChI is InChI=1S/C25H27FN6O6S/c1-14-21-22(39-24(14)32-27-6-7-28-32)29-25(31(23(21)35)16-11-20(34)30(2)12-16)38-13-19(37-9-8-33)17-10-15(26)4-5-18(17)36-3/h4-7,10,16,19,33H,8-9,11-13H2,1-3H3/t16-,19-/m0/s1. The summed E-state index contributed by atoms with van der Waals surface area (Å²) in [5.74, 6) is -0.228. The Kier molecular flexibility index (Phi) is 7.59. The molecule has 1 amide bonds. The van der Waals surface area contributed by atoms with Crippen molar-refractivity contribution in [2.24, 2.45) is 0 Å². The highest BCUT2D eigenvalue weighted by Crippen LogP contribution is 2.34. The Balaban J connectivity index is 1.59. The molecule has 1 N–H and O–H groups in total. The second-order valence-electron chi connectivity index (χ2n) is 9.01. The Morgan fingerprint density at radius 1 is 1.26 bits per heavy atom. The van der Waals surface area contributed by atoms with Crippen molar-refractivity contribution in [2.75, 3.05) is 40.5 Å². The summed E-state index contributed by atoms with van der Waals surface area (Å²) in [6.45, 7) is 1.62. The van der Waals surface area contributed by atoms with Crippen LogP contribution < -0.4 is 15.0 Å². The number of carbonyl (C=O) groups is 1. The minimum Gasteiger partial charge on any atom is -0.496 e. The molecule has 0 saturated carbocycles. The fourth-order valence-corrected chi connectivity index (χ4v) is 5.72. The van der Waals surface area contributed by atoms with Crippen LogP contribution >= 0.6 is 11.3 Å². The van der Waals surface area contributed by atoms with Gasteiger partial charge in [0.15, 0.2) is 0 Å². The molecule has 2 atom stereocenters. The summed E-state index contributed by atoms with van der Waals surface area (Å²) in [6.07, 6.45) is 2.33. The molecule has 0 spiro atoms. The zero-order valence-electron chi connectivity index (χ0n) is 21.5. The van der Waals surface area contributed by atoms with Gasteiger partial charge in [-0.25, -0.2) is 4.39 Å². The van der Waals surface area contributed by atoms with Crippen molar-refractivity contribution >= 4 is 27.5 Å². The number of rotatable bonds is 10. The van der Waals surface area contributed by atoms with E-state index in [1.54, 1.807) is 18.9 Å². The lowest BCUT2D eigenvalue weighted by Crippen LogP contribution is -2.30. The zero-order chi connectivity index (χ0) is 27.7. The van der Waals surface area contributed by atoms with Crippen LogP contribution in [0.4, 0.5) is 4.39 Å². The number of thiophene rings is 1. The quantitative estimate of drug-likeness (QED) is 0.310. The molecule has 4 heterocycles. The van der Waals surface area contributed by atoms with E-state index in [0.29, 0.717) is 38.6 Å². The number of hydrogen-bond donors (Lipinski definition) is 1. The molecular formula is C25H27FN6O6S. The van der Waals surface area contributed by atoms with Crippen molar-refractivity contribution in [3.05, 3.63) is 57.9 Å². The molecule has 0 aliphatic carbocycles. The summed E-state index contributed by atoms with van der Waals surface area (Å²) in [6, 6.07) is 3.49. The maximum absolute atomic E-state index is 14.1. The summed E-state index contributed by atoms with van der Waals surface area (Å²) in [5.41, 5.74) is 0.678. The van der Waals surface area contributed by atoms with E-state index in [1.807, 2.05) is 0 Å². The molecule has 4 aromatic rings. The summed E-state index contributed by atoms with van der Waals surface area (Å²) in [4.78, 5) is 34.4. The van der Waals surface area contributed by atoms with Crippen molar-refractivity contribution in [1.82, 2.24) is 29.4 Å². The normalized spacial score (nSPS) is 16.3. The van der Waals surface area contributed by atoms with E-state index in [9.17, 15) is 19.1 Å². The third-order valence-corrected chi connectivity index (χ3v) is 7.69. The third kappa shape index (κ3) is 5.10. The number of fused-ring (bicyclic) bond motifs is 1. The fraction of sp³-hybridized carbons (Fsp3) is 0.400. The molecule has 0 unspecified atom stereocenters. The van der Waals surface area contributed by atoms with Crippen LogP contribution in [0.1, 0.15) is 29.7 Å². The number of benzene rings is 1. The number of nitrogens with zero attached hydrogens (tertiary/aromatic N) is 6. The lowest BCUT2D eigenvalue weighted by molar-refractivity contribution is -0.126. The van der Waals surface area contributed by atoms with Gasteiger partial charge in [-0.15, -0.1) is 4.80 Å². The SMILES string of the molecule is COc1ccc(F)cc1[C@H](COc1nc2sc(-n3nccn3)c(C)c2c(=O)n1[C@H]1CC(=O)N(C)C1)OCCO. The average Bonchev–Trinajstić information content (AvgIpc) is 3.64.